The van der Waals surface area contributed by atoms with Gasteiger partial charge in [0.2, 0.25) is 0 Å². The van der Waals surface area contributed by atoms with Crippen molar-refractivity contribution >= 4 is 17.2 Å². The number of amides is 1. The van der Waals surface area contributed by atoms with E-state index in [1.807, 2.05) is 13.8 Å². The van der Waals surface area contributed by atoms with Crippen molar-refractivity contribution in [3.8, 4) is 0 Å². The molecule has 0 bridgehead atoms. The molecule has 0 aromatic carbocycles. The first-order chi connectivity index (χ1) is 5.74. The summed E-state index contributed by atoms with van der Waals surface area (Å²) >= 11 is 1.49. The summed E-state index contributed by atoms with van der Waals surface area (Å²) in [5, 5.41) is 5.47. The molecule has 1 aromatic heterocycles. The SMILES string of the molecule is CCCNC(=O)c1csc(C)n1. The smallest absolute Gasteiger partial charge is 0.270 e. The van der Waals surface area contributed by atoms with Crippen molar-refractivity contribution in [2.75, 3.05) is 6.54 Å². The van der Waals surface area contributed by atoms with Gasteiger partial charge in [0.15, 0.2) is 0 Å². The number of thiazole rings is 1. The molecule has 0 atom stereocenters. The van der Waals surface area contributed by atoms with Crippen molar-refractivity contribution in [3.05, 3.63) is 16.1 Å². The molecule has 1 heterocycles. The van der Waals surface area contributed by atoms with Crippen LogP contribution in [0.1, 0.15) is 28.8 Å². The maximum atomic E-state index is 11.2. The number of rotatable bonds is 3. The van der Waals surface area contributed by atoms with Gasteiger partial charge in [-0.05, 0) is 13.3 Å². The second-order valence-corrected chi connectivity index (χ2v) is 3.57. The second-order valence-electron chi connectivity index (χ2n) is 2.51. The average molecular weight is 184 g/mol. The highest BCUT2D eigenvalue weighted by molar-refractivity contribution is 7.09. The van der Waals surface area contributed by atoms with E-state index in [0.717, 1.165) is 18.0 Å². The Labute approximate surface area is 75.8 Å². The number of nitrogens with zero attached hydrogens (tertiary/aromatic N) is 1. The molecular weight excluding hydrogens is 172 g/mol. The highest BCUT2D eigenvalue weighted by Crippen LogP contribution is 2.07. The van der Waals surface area contributed by atoms with Gasteiger partial charge in [0.05, 0.1) is 5.01 Å². The highest BCUT2D eigenvalue weighted by Gasteiger charge is 2.06. The van der Waals surface area contributed by atoms with E-state index in [0.29, 0.717) is 5.69 Å². The Balaban J connectivity index is 2.53. The molecule has 4 heteroatoms. The summed E-state index contributed by atoms with van der Waals surface area (Å²) < 4.78 is 0. The van der Waals surface area contributed by atoms with Crippen LogP contribution in [0.15, 0.2) is 5.38 Å². The van der Waals surface area contributed by atoms with Crippen LogP contribution in [0.4, 0.5) is 0 Å². The third kappa shape index (κ3) is 2.30. The fourth-order valence-electron chi connectivity index (χ4n) is 0.797. The van der Waals surface area contributed by atoms with Crippen molar-refractivity contribution in [2.45, 2.75) is 20.3 Å². The molecule has 0 aliphatic heterocycles. The van der Waals surface area contributed by atoms with Crippen LogP contribution in [-0.4, -0.2) is 17.4 Å². The topological polar surface area (TPSA) is 42.0 Å². The van der Waals surface area contributed by atoms with E-state index < -0.39 is 0 Å². The van der Waals surface area contributed by atoms with Gasteiger partial charge in [-0.1, -0.05) is 6.92 Å². The van der Waals surface area contributed by atoms with Crippen LogP contribution < -0.4 is 5.32 Å². The molecule has 0 unspecified atom stereocenters. The van der Waals surface area contributed by atoms with Crippen LogP contribution in [0.5, 0.6) is 0 Å². The molecule has 66 valence electrons. The van der Waals surface area contributed by atoms with Crippen LogP contribution in [0.25, 0.3) is 0 Å². The number of carbonyl (C=O) groups is 1. The van der Waals surface area contributed by atoms with Gasteiger partial charge < -0.3 is 5.32 Å². The lowest BCUT2D eigenvalue weighted by Gasteiger charge is -1.98. The monoisotopic (exact) mass is 184 g/mol. The van der Waals surface area contributed by atoms with Gasteiger partial charge in [-0.15, -0.1) is 11.3 Å². The van der Waals surface area contributed by atoms with Gasteiger partial charge in [0, 0.05) is 11.9 Å². The molecule has 0 aliphatic rings. The summed E-state index contributed by atoms with van der Waals surface area (Å²) in [5.74, 6) is -0.0683. The van der Waals surface area contributed by atoms with Crippen LogP contribution in [-0.2, 0) is 0 Å². The number of aryl methyl sites for hydroxylation is 1. The second kappa shape index (κ2) is 4.21. The lowest BCUT2D eigenvalue weighted by Crippen LogP contribution is -2.24. The number of nitrogens with one attached hydrogen (secondary N) is 1. The normalized spacial score (nSPS) is 9.83. The minimum Gasteiger partial charge on any atom is -0.351 e. The zero-order chi connectivity index (χ0) is 8.97. The van der Waals surface area contributed by atoms with E-state index in [1.54, 1.807) is 5.38 Å². The molecule has 0 saturated carbocycles. The summed E-state index contributed by atoms with van der Waals surface area (Å²) in [6.07, 6.45) is 0.953. The number of aromatic nitrogens is 1. The standard InChI is InChI=1S/C8H12N2OS/c1-3-4-9-8(11)7-5-12-6(2)10-7/h5H,3-4H2,1-2H3,(H,9,11). The molecule has 3 nitrogen and oxygen atoms in total. The maximum Gasteiger partial charge on any atom is 0.270 e. The van der Waals surface area contributed by atoms with E-state index >= 15 is 0 Å². The van der Waals surface area contributed by atoms with Crippen molar-refractivity contribution in [1.29, 1.82) is 0 Å². The quantitative estimate of drug-likeness (QED) is 0.775. The first kappa shape index (κ1) is 9.19. The van der Waals surface area contributed by atoms with Crippen LogP contribution in [0.3, 0.4) is 0 Å². The summed E-state index contributed by atoms with van der Waals surface area (Å²) in [4.78, 5) is 15.3. The Bertz CT molecular complexity index is 270. The largest absolute Gasteiger partial charge is 0.351 e. The minimum absolute atomic E-state index is 0.0683. The minimum atomic E-state index is -0.0683. The number of carbonyl (C=O) groups excluding carboxylic acids is 1. The first-order valence-corrected chi connectivity index (χ1v) is 4.82. The first-order valence-electron chi connectivity index (χ1n) is 3.94. The number of hydrogen-bond donors (Lipinski definition) is 1. The fraction of sp³-hybridized carbons (Fsp3) is 0.500. The fourth-order valence-corrected chi connectivity index (χ4v) is 1.39. The summed E-state index contributed by atoms with van der Waals surface area (Å²) in [7, 11) is 0. The van der Waals surface area contributed by atoms with Gasteiger partial charge in [0.25, 0.3) is 5.91 Å². The van der Waals surface area contributed by atoms with E-state index in [9.17, 15) is 4.79 Å². The lowest BCUT2D eigenvalue weighted by atomic mass is 10.4. The Morgan fingerprint density at radius 1 is 1.75 bits per heavy atom. The van der Waals surface area contributed by atoms with Crippen molar-refractivity contribution in [2.24, 2.45) is 0 Å². The molecular formula is C8H12N2OS. The van der Waals surface area contributed by atoms with Gasteiger partial charge in [0.1, 0.15) is 5.69 Å². The molecule has 1 amide bonds. The molecule has 0 saturated heterocycles. The Morgan fingerprint density at radius 3 is 3.00 bits per heavy atom. The predicted octanol–water partition coefficient (Wildman–Crippen LogP) is 1.59. The highest BCUT2D eigenvalue weighted by atomic mass is 32.1. The molecule has 0 fully saturated rings. The lowest BCUT2D eigenvalue weighted by molar-refractivity contribution is 0.0949. The van der Waals surface area contributed by atoms with Crippen molar-refractivity contribution < 1.29 is 4.79 Å². The van der Waals surface area contributed by atoms with E-state index in [2.05, 4.69) is 10.3 Å². The van der Waals surface area contributed by atoms with E-state index in [-0.39, 0.29) is 5.91 Å². The van der Waals surface area contributed by atoms with Crippen molar-refractivity contribution in [3.63, 3.8) is 0 Å². The van der Waals surface area contributed by atoms with E-state index in [1.165, 1.54) is 11.3 Å². The zero-order valence-electron chi connectivity index (χ0n) is 7.26. The molecule has 0 aliphatic carbocycles. The van der Waals surface area contributed by atoms with Gasteiger partial charge in [-0.25, -0.2) is 4.98 Å². The molecule has 1 aromatic rings. The third-order valence-electron chi connectivity index (χ3n) is 1.39. The Kier molecular flexibility index (Phi) is 3.22. The molecule has 0 radical (unpaired) electrons. The van der Waals surface area contributed by atoms with Crippen LogP contribution in [0.2, 0.25) is 0 Å². The van der Waals surface area contributed by atoms with E-state index in [4.69, 9.17) is 0 Å². The zero-order valence-corrected chi connectivity index (χ0v) is 8.07. The summed E-state index contributed by atoms with van der Waals surface area (Å²) in [5.41, 5.74) is 0.533. The molecule has 1 rings (SSSR count). The van der Waals surface area contributed by atoms with Crippen LogP contribution >= 0.6 is 11.3 Å². The summed E-state index contributed by atoms with van der Waals surface area (Å²) in [6, 6.07) is 0. The van der Waals surface area contributed by atoms with Gasteiger partial charge in [-0.3, -0.25) is 4.79 Å². The predicted molar refractivity (Wildman–Crippen MR) is 49.5 cm³/mol. The van der Waals surface area contributed by atoms with Crippen LogP contribution in [0, 0.1) is 6.92 Å². The Morgan fingerprint density at radius 2 is 2.50 bits per heavy atom. The van der Waals surface area contributed by atoms with Gasteiger partial charge >= 0.3 is 0 Å². The molecule has 12 heavy (non-hydrogen) atoms. The third-order valence-corrected chi connectivity index (χ3v) is 2.16. The summed E-state index contributed by atoms with van der Waals surface area (Å²) in [6.45, 7) is 4.63. The molecule has 0 spiro atoms. The maximum absolute atomic E-state index is 11.2. The number of hydrogen-bond acceptors (Lipinski definition) is 3. The Hall–Kier alpha value is -0.900. The molecule has 1 N–H and O–H groups in total. The van der Waals surface area contributed by atoms with Gasteiger partial charge in [-0.2, -0.15) is 0 Å². The van der Waals surface area contributed by atoms with Crippen molar-refractivity contribution in [1.82, 2.24) is 10.3 Å². The average Bonchev–Trinajstić information content (AvgIpc) is 2.47.